The van der Waals surface area contributed by atoms with Gasteiger partial charge < -0.3 is 9.73 Å². The normalized spacial score (nSPS) is 28.0. The fourth-order valence-corrected chi connectivity index (χ4v) is 3.27. The lowest BCUT2D eigenvalue weighted by molar-refractivity contribution is 0.166. The average molecular weight is 264 g/mol. The van der Waals surface area contributed by atoms with Crippen LogP contribution in [-0.4, -0.2) is 11.0 Å². The van der Waals surface area contributed by atoms with E-state index in [1.807, 2.05) is 13.8 Å². The zero-order valence-corrected chi connectivity index (χ0v) is 13.0. The van der Waals surface area contributed by atoms with E-state index in [2.05, 4.69) is 31.1 Å². The lowest BCUT2D eigenvalue weighted by Crippen LogP contribution is -2.42. The minimum atomic E-state index is 0.608. The van der Waals surface area contributed by atoms with Crippen molar-refractivity contribution >= 4 is 0 Å². The van der Waals surface area contributed by atoms with Crippen molar-refractivity contribution in [1.29, 1.82) is 0 Å². The predicted octanol–water partition coefficient (Wildman–Crippen LogP) is 3.84. The molecule has 1 N–H and O–H groups in total. The number of aromatic nitrogens is 1. The van der Waals surface area contributed by atoms with Gasteiger partial charge >= 0.3 is 0 Å². The van der Waals surface area contributed by atoms with E-state index in [0.717, 1.165) is 41.6 Å². The standard InChI is InChI=1S/C16H28N2O/c1-10(2)14-7-6-11(3)8-15(14)17-9-16-18-12(4)13(5)19-16/h10-11,14-15,17H,6-9H2,1-5H3. The summed E-state index contributed by atoms with van der Waals surface area (Å²) in [5.74, 6) is 4.14. The van der Waals surface area contributed by atoms with E-state index in [1.54, 1.807) is 0 Å². The Kier molecular flexibility index (Phi) is 4.67. The summed E-state index contributed by atoms with van der Waals surface area (Å²) in [4.78, 5) is 4.45. The Labute approximate surface area is 117 Å². The molecule has 0 aromatic carbocycles. The van der Waals surface area contributed by atoms with E-state index in [-0.39, 0.29) is 0 Å². The van der Waals surface area contributed by atoms with E-state index in [0.29, 0.717) is 6.04 Å². The van der Waals surface area contributed by atoms with Crippen LogP contribution < -0.4 is 5.32 Å². The smallest absolute Gasteiger partial charge is 0.208 e. The molecule has 3 nitrogen and oxygen atoms in total. The van der Waals surface area contributed by atoms with Crippen molar-refractivity contribution in [2.75, 3.05) is 0 Å². The van der Waals surface area contributed by atoms with E-state index < -0.39 is 0 Å². The number of nitrogens with zero attached hydrogens (tertiary/aromatic N) is 1. The first kappa shape index (κ1) is 14.6. The summed E-state index contributed by atoms with van der Waals surface area (Å²) in [6.45, 7) is 11.8. The molecule has 0 radical (unpaired) electrons. The van der Waals surface area contributed by atoms with Gasteiger partial charge in [-0.3, -0.25) is 0 Å². The van der Waals surface area contributed by atoms with Crippen LogP contribution in [0.15, 0.2) is 4.42 Å². The van der Waals surface area contributed by atoms with Gasteiger partial charge in [-0.05, 0) is 44.4 Å². The monoisotopic (exact) mass is 264 g/mol. The average Bonchev–Trinajstić information content (AvgIpc) is 2.66. The van der Waals surface area contributed by atoms with Crippen LogP contribution in [0, 0.1) is 31.6 Å². The Bertz CT molecular complexity index is 391. The highest BCUT2D eigenvalue weighted by atomic mass is 16.4. The Morgan fingerprint density at radius 2 is 2.05 bits per heavy atom. The molecule has 1 fully saturated rings. The predicted molar refractivity (Wildman–Crippen MR) is 77.9 cm³/mol. The molecule has 0 aliphatic heterocycles. The summed E-state index contributed by atoms with van der Waals surface area (Å²) in [6, 6.07) is 0.608. The van der Waals surface area contributed by atoms with Gasteiger partial charge in [0, 0.05) is 6.04 Å². The van der Waals surface area contributed by atoms with Gasteiger partial charge in [0.15, 0.2) is 0 Å². The molecule has 1 aliphatic carbocycles. The van der Waals surface area contributed by atoms with Gasteiger partial charge in [0.2, 0.25) is 5.89 Å². The molecule has 1 aromatic heterocycles. The van der Waals surface area contributed by atoms with Crippen molar-refractivity contribution in [2.45, 2.75) is 66.5 Å². The minimum Gasteiger partial charge on any atom is -0.444 e. The van der Waals surface area contributed by atoms with Crippen LogP contribution >= 0.6 is 0 Å². The highest BCUT2D eigenvalue weighted by Crippen LogP contribution is 2.33. The number of aryl methyl sites for hydroxylation is 2. The Balaban J connectivity index is 1.95. The molecule has 0 bridgehead atoms. The fraction of sp³-hybridized carbons (Fsp3) is 0.812. The molecule has 1 aliphatic rings. The first-order valence-electron chi connectivity index (χ1n) is 7.63. The second kappa shape index (κ2) is 6.08. The van der Waals surface area contributed by atoms with Gasteiger partial charge in [0.05, 0.1) is 12.2 Å². The van der Waals surface area contributed by atoms with Crippen LogP contribution in [-0.2, 0) is 6.54 Å². The van der Waals surface area contributed by atoms with Crippen molar-refractivity contribution < 1.29 is 4.42 Å². The van der Waals surface area contributed by atoms with Crippen molar-refractivity contribution in [3.63, 3.8) is 0 Å². The first-order chi connectivity index (χ1) is 8.97. The van der Waals surface area contributed by atoms with Crippen molar-refractivity contribution in [1.82, 2.24) is 10.3 Å². The molecule has 3 heteroatoms. The molecule has 19 heavy (non-hydrogen) atoms. The van der Waals surface area contributed by atoms with E-state index in [9.17, 15) is 0 Å². The van der Waals surface area contributed by atoms with Crippen LogP contribution in [0.5, 0.6) is 0 Å². The number of hydrogen-bond acceptors (Lipinski definition) is 3. The van der Waals surface area contributed by atoms with E-state index >= 15 is 0 Å². The third-order valence-corrected chi connectivity index (χ3v) is 4.61. The maximum atomic E-state index is 5.65. The van der Waals surface area contributed by atoms with Crippen LogP contribution in [0.25, 0.3) is 0 Å². The fourth-order valence-electron chi connectivity index (χ4n) is 3.27. The van der Waals surface area contributed by atoms with Crippen LogP contribution in [0.2, 0.25) is 0 Å². The molecule has 0 saturated heterocycles. The van der Waals surface area contributed by atoms with Crippen molar-refractivity contribution in [3.05, 3.63) is 17.3 Å². The SMILES string of the molecule is Cc1nc(CNC2CC(C)CCC2C(C)C)oc1C. The molecule has 2 rings (SSSR count). The minimum absolute atomic E-state index is 0.608. The van der Waals surface area contributed by atoms with Gasteiger partial charge in [-0.25, -0.2) is 4.98 Å². The summed E-state index contributed by atoms with van der Waals surface area (Å²) in [5, 5.41) is 3.68. The quantitative estimate of drug-likeness (QED) is 0.898. The second-order valence-electron chi connectivity index (χ2n) is 6.56. The molecule has 3 atom stereocenters. The largest absolute Gasteiger partial charge is 0.444 e. The zero-order valence-electron chi connectivity index (χ0n) is 13.0. The highest BCUT2D eigenvalue weighted by molar-refractivity contribution is 5.05. The van der Waals surface area contributed by atoms with Crippen LogP contribution in [0.4, 0.5) is 0 Å². The van der Waals surface area contributed by atoms with Crippen molar-refractivity contribution in [3.8, 4) is 0 Å². The summed E-state index contributed by atoms with van der Waals surface area (Å²) in [5.41, 5.74) is 1.01. The van der Waals surface area contributed by atoms with Crippen LogP contribution in [0.1, 0.15) is 57.4 Å². The Hall–Kier alpha value is -0.830. The molecule has 1 heterocycles. The maximum absolute atomic E-state index is 5.65. The highest BCUT2D eigenvalue weighted by Gasteiger charge is 2.30. The molecule has 1 aromatic rings. The molecule has 0 amide bonds. The van der Waals surface area contributed by atoms with Gasteiger partial charge in [-0.15, -0.1) is 0 Å². The summed E-state index contributed by atoms with van der Waals surface area (Å²) >= 11 is 0. The molecular weight excluding hydrogens is 236 g/mol. The van der Waals surface area contributed by atoms with Crippen LogP contribution in [0.3, 0.4) is 0 Å². The Morgan fingerprint density at radius 1 is 1.32 bits per heavy atom. The van der Waals surface area contributed by atoms with Crippen molar-refractivity contribution in [2.24, 2.45) is 17.8 Å². The number of hydrogen-bond donors (Lipinski definition) is 1. The lowest BCUT2D eigenvalue weighted by atomic mass is 9.74. The molecule has 1 saturated carbocycles. The van der Waals surface area contributed by atoms with E-state index in [4.69, 9.17) is 4.42 Å². The second-order valence-corrected chi connectivity index (χ2v) is 6.56. The number of nitrogens with one attached hydrogen (secondary N) is 1. The molecule has 108 valence electrons. The number of oxazole rings is 1. The molecule has 0 spiro atoms. The third-order valence-electron chi connectivity index (χ3n) is 4.61. The maximum Gasteiger partial charge on any atom is 0.208 e. The third kappa shape index (κ3) is 3.59. The van der Waals surface area contributed by atoms with Gasteiger partial charge in [-0.1, -0.05) is 27.2 Å². The summed E-state index contributed by atoms with van der Waals surface area (Å²) in [6.07, 6.45) is 4.00. The Morgan fingerprint density at radius 3 is 2.63 bits per heavy atom. The molecular formula is C16H28N2O. The van der Waals surface area contributed by atoms with Gasteiger partial charge in [-0.2, -0.15) is 0 Å². The summed E-state index contributed by atoms with van der Waals surface area (Å²) < 4.78 is 5.65. The first-order valence-corrected chi connectivity index (χ1v) is 7.63. The zero-order chi connectivity index (χ0) is 14.0. The topological polar surface area (TPSA) is 38.1 Å². The van der Waals surface area contributed by atoms with Gasteiger partial charge in [0.25, 0.3) is 0 Å². The number of rotatable bonds is 4. The van der Waals surface area contributed by atoms with E-state index in [1.165, 1.54) is 19.3 Å². The lowest BCUT2D eigenvalue weighted by Gasteiger charge is -2.37. The molecule has 3 unspecified atom stereocenters. The van der Waals surface area contributed by atoms with Gasteiger partial charge in [0.1, 0.15) is 5.76 Å². The summed E-state index contributed by atoms with van der Waals surface area (Å²) in [7, 11) is 0.